The average Bonchev–Trinajstić information content (AvgIpc) is 3.28. The van der Waals surface area contributed by atoms with E-state index in [-0.39, 0.29) is 5.91 Å². The number of thiazole rings is 1. The lowest BCUT2D eigenvalue weighted by Crippen LogP contribution is -2.16. The average molecular weight is 389 g/mol. The van der Waals surface area contributed by atoms with Crippen molar-refractivity contribution in [1.82, 2.24) is 4.98 Å². The molecule has 1 N–H and O–H groups in total. The molecule has 0 bridgehead atoms. The van der Waals surface area contributed by atoms with E-state index in [0.717, 1.165) is 34.1 Å². The molecule has 25 heavy (non-hydrogen) atoms. The van der Waals surface area contributed by atoms with Crippen molar-refractivity contribution in [2.24, 2.45) is 0 Å². The van der Waals surface area contributed by atoms with Gasteiger partial charge in [0.25, 0.3) is 0 Å². The third kappa shape index (κ3) is 4.71. The summed E-state index contributed by atoms with van der Waals surface area (Å²) in [7, 11) is 0. The highest BCUT2D eigenvalue weighted by Gasteiger charge is 2.10. The molecule has 0 saturated heterocycles. The molecule has 2 aromatic heterocycles. The number of carbonyl (C=O) groups is 1. The van der Waals surface area contributed by atoms with Crippen molar-refractivity contribution < 1.29 is 4.79 Å². The Labute approximate surface area is 160 Å². The van der Waals surface area contributed by atoms with Crippen molar-refractivity contribution in [2.45, 2.75) is 26.0 Å². The second kappa shape index (κ2) is 8.65. The molecule has 0 aliphatic carbocycles. The molecule has 0 spiro atoms. The molecule has 0 saturated carbocycles. The zero-order valence-electron chi connectivity index (χ0n) is 14.2. The number of thiophene rings is 1. The van der Waals surface area contributed by atoms with Crippen LogP contribution < -0.4 is 5.32 Å². The molecule has 6 heteroatoms. The molecule has 0 fully saturated rings. The zero-order chi connectivity index (χ0) is 17.6. The standard InChI is InChI=1S/C19H20N2OS3/c1-3-14-6-4-5-13(2)18(14)21-17(22)12-24-10-16-11-25-19(20-16)15-7-8-23-9-15/h4-9,11H,3,10,12H2,1-2H3,(H,21,22). The molecule has 1 aromatic carbocycles. The predicted octanol–water partition coefficient (Wildman–Crippen LogP) is 5.61. The quantitative estimate of drug-likeness (QED) is 0.571. The van der Waals surface area contributed by atoms with Gasteiger partial charge in [-0.1, -0.05) is 25.1 Å². The largest absolute Gasteiger partial charge is 0.325 e. The number of aryl methyl sites for hydroxylation is 2. The molecular formula is C19H20N2OS3. The normalized spacial score (nSPS) is 10.8. The van der Waals surface area contributed by atoms with Gasteiger partial charge in [-0.25, -0.2) is 4.98 Å². The van der Waals surface area contributed by atoms with Gasteiger partial charge >= 0.3 is 0 Å². The third-order valence-corrected chi connectivity index (χ3v) is 6.40. The Hall–Kier alpha value is -1.63. The van der Waals surface area contributed by atoms with Gasteiger partial charge in [0.15, 0.2) is 0 Å². The van der Waals surface area contributed by atoms with Gasteiger partial charge in [0.2, 0.25) is 5.91 Å². The van der Waals surface area contributed by atoms with Crippen LogP contribution in [0.15, 0.2) is 40.4 Å². The van der Waals surface area contributed by atoms with E-state index in [1.54, 1.807) is 34.4 Å². The van der Waals surface area contributed by atoms with Crippen LogP contribution in [0, 0.1) is 6.92 Å². The maximum Gasteiger partial charge on any atom is 0.234 e. The minimum absolute atomic E-state index is 0.0438. The zero-order valence-corrected chi connectivity index (χ0v) is 16.7. The van der Waals surface area contributed by atoms with Gasteiger partial charge in [-0.15, -0.1) is 23.1 Å². The van der Waals surface area contributed by atoms with E-state index in [1.807, 2.05) is 19.1 Å². The minimum Gasteiger partial charge on any atom is -0.325 e. The Morgan fingerprint density at radius 1 is 1.28 bits per heavy atom. The highest BCUT2D eigenvalue weighted by Crippen LogP contribution is 2.27. The lowest BCUT2D eigenvalue weighted by molar-refractivity contribution is -0.113. The molecule has 2 heterocycles. The molecule has 0 aliphatic rings. The monoisotopic (exact) mass is 388 g/mol. The number of benzene rings is 1. The number of hydrogen-bond acceptors (Lipinski definition) is 5. The van der Waals surface area contributed by atoms with Gasteiger partial charge in [0.1, 0.15) is 5.01 Å². The van der Waals surface area contributed by atoms with Crippen LogP contribution in [-0.4, -0.2) is 16.6 Å². The predicted molar refractivity (Wildman–Crippen MR) is 111 cm³/mol. The molecule has 3 nitrogen and oxygen atoms in total. The van der Waals surface area contributed by atoms with Crippen molar-refractivity contribution in [2.75, 3.05) is 11.1 Å². The van der Waals surface area contributed by atoms with Gasteiger partial charge in [-0.05, 0) is 35.9 Å². The van der Waals surface area contributed by atoms with Crippen molar-refractivity contribution in [1.29, 1.82) is 0 Å². The number of thioether (sulfide) groups is 1. The number of aromatic nitrogens is 1. The Morgan fingerprint density at radius 2 is 2.16 bits per heavy atom. The topological polar surface area (TPSA) is 42.0 Å². The molecule has 0 unspecified atom stereocenters. The van der Waals surface area contributed by atoms with E-state index in [2.05, 4.69) is 45.5 Å². The van der Waals surface area contributed by atoms with Crippen LogP contribution in [0.3, 0.4) is 0 Å². The van der Waals surface area contributed by atoms with E-state index in [1.165, 1.54) is 11.1 Å². The molecule has 0 aliphatic heterocycles. The van der Waals surface area contributed by atoms with E-state index in [4.69, 9.17) is 0 Å². The van der Waals surface area contributed by atoms with Crippen LogP contribution in [0.1, 0.15) is 23.7 Å². The van der Waals surface area contributed by atoms with E-state index < -0.39 is 0 Å². The molecule has 130 valence electrons. The maximum absolute atomic E-state index is 12.3. The summed E-state index contributed by atoms with van der Waals surface area (Å²) >= 11 is 4.93. The van der Waals surface area contributed by atoms with E-state index in [0.29, 0.717) is 5.75 Å². The molecule has 3 rings (SSSR count). The Bertz CT molecular complexity index is 840. The van der Waals surface area contributed by atoms with Crippen LogP contribution in [0.4, 0.5) is 5.69 Å². The SMILES string of the molecule is CCc1cccc(C)c1NC(=O)CSCc1csc(-c2ccsc2)n1. The first-order valence-corrected chi connectivity index (χ1v) is 11.1. The van der Waals surface area contributed by atoms with Crippen LogP contribution in [0.25, 0.3) is 10.6 Å². The van der Waals surface area contributed by atoms with Gasteiger partial charge in [0.05, 0.1) is 11.4 Å². The fraction of sp³-hybridized carbons (Fsp3) is 0.263. The molecule has 3 aromatic rings. The van der Waals surface area contributed by atoms with Crippen LogP contribution in [0.5, 0.6) is 0 Å². The first-order chi connectivity index (χ1) is 12.2. The second-order valence-corrected chi connectivity index (χ2v) is 8.28. The summed E-state index contributed by atoms with van der Waals surface area (Å²) in [5, 5.41) is 10.4. The van der Waals surface area contributed by atoms with E-state index in [9.17, 15) is 4.79 Å². The first-order valence-electron chi connectivity index (χ1n) is 8.10. The summed E-state index contributed by atoms with van der Waals surface area (Å²) in [6, 6.07) is 8.22. The highest BCUT2D eigenvalue weighted by molar-refractivity contribution is 7.99. The number of rotatable bonds is 7. The Balaban J connectivity index is 1.52. The number of nitrogens with one attached hydrogen (secondary N) is 1. The Kier molecular flexibility index (Phi) is 6.29. The fourth-order valence-electron chi connectivity index (χ4n) is 2.52. The summed E-state index contributed by atoms with van der Waals surface area (Å²) in [4.78, 5) is 16.9. The van der Waals surface area contributed by atoms with Crippen molar-refractivity contribution in [3.63, 3.8) is 0 Å². The number of hydrogen-bond donors (Lipinski definition) is 1. The highest BCUT2D eigenvalue weighted by atomic mass is 32.2. The lowest BCUT2D eigenvalue weighted by atomic mass is 10.1. The number of nitrogens with zero attached hydrogens (tertiary/aromatic N) is 1. The molecule has 0 atom stereocenters. The molecular weight excluding hydrogens is 368 g/mol. The molecule has 0 radical (unpaired) electrons. The second-order valence-electron chi connectivity index (χ2n) is 5.66. The number of anilines is 1. The summed E-state index contributed by atoms with van der Waals surface area (Å²) in [5.41, 5.74) is 5.46. The van der Waals surface area contributed by atoms with Crippen molar-refractivity contribution >= 4 is 46.0 Å². The van der Waals surface area contributed by atoms with Crippen LogP contribution in [0.2, 0.25) is 0 Å². The third-order valence-electron chi connectivity index (χ3n) is 3.81. The number of carbonyl (C=O) groups excluding carboxylic acids is 1. The smallest absolute Gasteiger partial charge is 0.234 e. The van der Waals surface area contributed by atoms with Gasteiger partial charge in [-0.3, -0.25) is 4.79 Å². The molecule has 1 amide bonds. The van der Waals surface area contributed by atoms with Crippen molar-refractivity contribution in [3.8, 4) is 10.6 Å². The number of para-hydroxylation sites is 1. The van der Waals surface area contributed by atoms with E-state index >= 15 is 0 Å². The van der Waals surface area contributed by atoms with Crippen LogP contribution in [-0.2, 0) is 17.0 Å². The minimum atomic E-state index is 0.0438. The Morgan fingerprint density at radius 3 is 2.92 bits per heavy atom. The maximum atomic E-state index is 12.3. The number of amides is 1. The summed E-state index contributed by atoms with van der Waals surface area (Å²) in [5.74, 6) is 1.23. The summed E-state index contributed by atoms with van der Waals surface area (Å²) in [6.07, 6.45) is 0.911. The first kappa shape index (κ1) is 18.2. The van der Waals surface area contributed by atoms with Crippen LogP contribution >= 0.6 is 34.4 Å². The van der Waals surface area contributed by atoms with Crippen molar-refractivity contribution in [3.05, 3.63) is 57.2 Å². The van der Waals surface area contributed by atoms with Gasteiger partial charge in [-0.2, -0.15) is 11.3 Å². The lowest BCUT2D eigenvalue weighted by Gasteiger charge is -2.12. The van der Waals surface area contributed by atoms with Gasteiger partial charge in [0, 0.05) is 27.8 Å². The fourth-order valence-corrected chi connectivity index (χ4v) is 4.87. The summed E-state index contributed by atoms with van der Waals surface area (Å²) in [6.45, 7) is 4.13. The summed E-state index contributed by atoms with van der Waals surface area (Å²) < 4.78 is 0. The van der Waals surface area contributed by atoms with Gasteiger partial charge < -0.3 is 5.32 Å².